The van der Waals surface area contributed by atoms with Crippen LogP contribution in [-0.4, -0.2) is 53.2 Å². The van der Waals surface area contributed by atoms with Gasteiger partial charge in [0.05, 0.1) is 32.4 Å². The van der Waals surface area contributed by atoms with E-state index in [0.717, 1.165) is 30.0 Å². The second-order valence-electron chi connectivity index (χ2n) is 7.97. The van der Waals surface area contributed by atoms with E-state index in [4.69, 9.17) is 24.5 Å². The van der Waals surface area contributed by atoms with Crippen LogP contribution in [0.25, 0.3) is 0 Å². The van der Waals surface area contributed by atoms with Gasteiger partial charge in [-0.25, -0.2) is 4.79 Å². The van der Waals surface area contributed by atoms with Crippen LogP contribution in [-0.2, 0) is 33.7 Å². The van der Waals surface area contributed by atoms with E-state index in [1.807, 2.05) is 47.1 Å². The monoisotopic (exact) mass is 505 g/mol. The van der Waals surface area contributed by atoms with Crippen LogP contribution in [0, 0.1) is 0 Å². The molecule has 1 aliphatic heterocycles. The number of aliphatic carboxylic acids is 1. The van der Waals surface area contributed by atoms with Crippen LogP contribution in [0.2, 0.25) is 0 Å². The predicted molar refractivity (Wildman–Crippen MR) is 124 cm³/mol. The summed E-state index contributed by atoms with van der Waals surface area (Å²) in [5, 5.41) is 14.8. The Labute approximate surface area is 205 Å². The number of carbonyl (C=O) groups excluding carboxylic acids is 1. The minimum atomic E-state index is -5.08. The van der Waals surface area contributed by atoms with Gasteiger partial charge in [0, 0.05) is 12.7 Å². The van der Waals surface area contributed by atoms with Gasteiger partial charge in [-0.05, 0) is 35.2 Å². The van der Waals surface area contributed by atoms with Crippen LogP contribution in [0.5, 0.6) is 5.75 Å². The summed E-state index contributed by atoms with van der Waals surface area (Å²) in [6.07, 6.45) is -2.06. The van der Waals surface area contributed by atoms with Gasteiger partial charge in [0.2, 0.25) is 5.91 Å². The number of hydrogen-bond donors (Lipinski definition) is 2. The van der Waals surface area contributed by atoms with E-state index in [1.165, 1.54) is 11.1 Å². The summed E-state index contributed by atoms with van der Waals surface area (Å²) in [6.45, 7) is 1.78. The lowest BCUT2D eigenvalue weighted by atomic mass is 10.1. The van der Waals surface area contributed by atoms with Gasteiger partial charge < -0.3 is 19.9 Å². The van der Waals surface area contributed by atoms with E-state index >= 15 is 0 Å². The summed E-state index contributed by atoms with van der Waals surface area (Å²) in [5.74, 6) is -2.05. The highest BCUT2D eigenvalue weighted by molar-refractivity contribution is 5.78. The summed E-state index contributed by atoms with van der Waals surface area (Å²) < 4.78 is 44.8. The molecule has 1 aromatic heterocycles. The summed E-state index contributed by atoms with van der Waals surface area (Å²) in [6, 6.07) is 17.8. The highest BCUT2D eigenvalue weighted by atomic mass is 19.4. The number of ether oxygens (including phenoxy) is 2. The summed E-state index contributed by atoms with van der Waals surface area (Å²) in [5.41, 5.74) is 4.24. The third-order valence-electron chi connectivity index (χ3n) is 5.28. The molecular formula is C25H26F3N3O5. The van der Waals surface area contributed by atoms with Crippen molar-refractivity contribution in [3.8, 4) is 5.75 Å². The number of aromatic nitrogens is 2. The lowest BCUT2D eigenvalue weighted by Crippen LogP contribution is -2.32. The first-order valence-electron chi connectivity index (χ1n) is 11.1. The number of amides is 1. The maximum atomic E-state index is 12.4. The summed E-state index contributed by atoms with van der Waals surface area (Å²) in [4.78, 5) is 21.3. The van der Waals surface area contributed by atoms with Gasteiger partial charge in [-0.15, -0.1) is 0 Å². The molecule has 1 unspecified atom stereocenters. The Hall–Kier alpha value is -3.86. The first-order valence-corrected chi connectivity index (χ1v) is 11.1. The molecule has 192 valence electrons. The molecule has 0 radical (unpaired) electrons. The first kappa shape index (κ1) is 26.7. The molecular weight excluding hydrogens is 479 g/mol. The van der Waals surface area contributed by atoms with Crippen molar-refractivity contribution in [2.75, 3.05) is 20.3 Å². The fourth-order valence-corrected chi connectivity index (χ4v) is 3.58. The first-order chi connectivity index (χ1) is 17.2. The van der Waals surface area contributed by atoms with Crippen molar-refractivity contribution in [2.24, 2.45) is 0 Å². The Morgan fingerprint density at radius 3 is 2.53 bits per heavy atom. The number of carboxylic acid groups (broad SMARTS) is 1. The standard InChI is InChI=1S/C23H25N3O3.C2HF3O2/c1-28-20-9-5-8-18(12-20)13-22(27)24-14-21-23-19(10-11-29-21)16-26(25-23)15-17-6-3-2-4-7-17;3-2(4,5)1(6)7/h2-9,12,16,21H,10-11,13-15H2,1H3,(H,24,27);(H,6,7). The molecule has 1 aliphatic rings. The van der Waals surface area contributed by atoms with Crippen molar-refractivity contribution in [1.29, 1.82) is 0 Å². The maximum absolute atomic E-state index is 12.4. The van der Waals surface area contributed by atoms with Crippen molar-refractivity contribution in [2.45, 2.75) is 31.7 Å². The van der Waals surface area contributed by atoms with E-state index in [1.54, 1.807) is 7.11 Å². The number of fused-ring (bicyclic) bond motifs is 1. The van der Waals surface area contributed by atoms with Gasteiger partial charge in [0.15, 0.2) is 0 Å². The van der Waals surface area contributed by atoms with Crippen LogP contribution < -0.4 is 10.1 Å². The molecule has 0 bridgehead atoms. The Bertz CT molecular complexity index is 1170. The number of nitrogens with zero attached hydrogens (tertiary/aromatic N) is 2. The lowest BCUT2D eigenvalue weighted by molar-refractivity contribution is -0.192. The smallest absolute Gasteiger partial charge is 0.490 e. The Morgan fingerprint density at radius 2 is 1.86 bits per heavy atom. The third kappa shape index (κ3) is 7.84. The Kier molecular flexibility index (Phi) is 9.07. The van der Waals surface area contributed by atoms with E-state index in [0.29, 0.717) is 19.6 Å². The average molecular weight is 505 g/mol. The summed E-state index contributed by atoms with van der Waals surface area (Å²) in [7, 11) is 1.62. The number of carboxylic acids is 1. The fraction of sp³-hybridized carbons (Fsp3) is 0.320. The molecule has 2 heterocycles. The number of hydrogen-bond acceptors (Lipinski definition) is 5. The van der Waals surface area contributed by atoms with Gasteiger partial charge in [-0.2, -0.15) is 18.3 Å². The molecule has 2 aromatic carbocycles. The van der Waals surface area contributed by atoms with Gasteiger partial charge in [-0.1, -0.05) is 42.5 Å². The number of nitrogens with one attached hydrogen (secondary N) is 1. The molecule has 0 spiro atoms. The molecule has 3 aromatic rings. The second kappa shape index (κ2) is 12.2. The van der Waals surface area contributed by atoms with Gasteiger partial charge >= 0.3 is 12.1 Å². The highest BCUT2D eigenvalue weighted by Gasteiger charge is 2.38. The highest BCUT2D eigenvalue weighted by Crippen LogP contribution is 2.25. The average Bonchev–Trinajstić information content (AvgIpc) is 3.26. The number of methoxy groups -OCH3 is 1. The molecule has 0 aliphatic carbocycles. The topological polar surface area (TPSA) is 103 Å². The van der Waals surface area contributed by atoms with Crippen molar-refractivity contribution in [3.63, 3.8) is 0 Å². The van der Waals surface area contributed by atoms with Crippen LogP contribution >= 0.6 is 0 Å². The molecule has 1 atom stereocenters. The van der Waals surface area contributed by atoms with Crippen molar-refractivity contribution in [1.82, 2.24) is 15.1 Å². The van der Waals surface area contributed by atoms with E-state index in [-0.39, 0.29) is 12.0 Å². The lowest BCUT2D eigenvalue weighted by Gasteiger charge is -2.22. The Balaban J connectivity index is 0.000000454. The number of carbonyl (C=O) groups is 2. The van der Waals surface area contributed by atoms with E-state index in [9.17, 15) is 18.0 Å². The molecule has 1 amide bonds. The minimum Gasteiger partial charge on any atom is -0.497 e. The van der Waals surface area contributed by atoms with Crippen molar-refractivity contribution >= 4 is 11.9 Å². The predicted octanol–water partition coefficient (Wildman–Crippen LogP) is 3.55. The normalized spacial score (nSPS) is 14.7. The minimum absolute atomic E-state index is 0.0438. The van der Waals surface area contributed by atoms with Crippen molar-refractivity contribution < 1.29 is 37.3 Å². The Morgan fingerprint density at radius 1 is 1.17 bits per heavy atom. The fourth-order valence-electron chi connectivity index (χ4n) is 3.58. The molecule has 0 saturated heterocycles. The SMILES string of the molecule is COc1cccc(CC(=O)NCC2OCCc3cn(Cc4ccccc4)nc32)c1.O=C(O)C(F)(F)F. The van der Waals surface area contributed by atoms with Crippen molar-refractivity contribution in [3.05, 3.63) is 83.2 Å². The molecule has 4 rings (SSSR count). The number of benzene rings is 2. The number of halogens is 3. The van der Waals surface area contributed by atoms with Crippen LogP contribution in [0.3, 0.4) is 0 Å². The molecule has 8 nitrogen and oxygen atoms in total. The van der Waals surface area contributed by atoms with Gasteiger partial charge in [-0.3, -0.25) is 9.48 Å². The largest absolute Gasteiger partial charge is 0.497 e. The van der Waals surface area contributed by atoms with Gasteiger partial charge in [0.25, 0.3) is 0 Å². The molecule has 0 fully saturated rings. The maximum Gasteiger partial charge on any atom is 0.490 e. The van der Waals surface area contributed by atoms with Gasteiger partial charge in [0.1, 0.15) is 11.9 Å². The zero-order chi connectivity index (χ0) is 26.1. The molecule has 2 N–H and O–H groups in total. The molecule has 11 heteroatoms. The van der Waals surface area contributed by atoms with Crippen LogP contribution in [0.15, 0.2) is 60.8 Å². The molecule has 36 heavy (non-hydrogen) atoms. The number of rotatable bonds is 7. The van der Waals surface area contributed by atoms with E-state index in [2.05, 4.69) is 23.6 Å². The number of alkyl halides is 3. The quantitative estimate of drug-likeness (QED) is 0.509. The second-order valence-corrected chi connectivity index (χ2v) is 7.97. The summed E-state index contributed by atoms with van der Waals surface area (Å²) >= 11 is 0. The van der Waals surface area contributed by atoms with Crippen LogP contribution in [0.4, 0.5) is 13.2 Å². The molecule has 0 saturated carbocycles. The van der Waals surface area contributed by atoms with E-state index < -0.39 is 12.1 Å². The third-order valence-corrected chi connectivity index (χ3v) is 5.28. The van der Waals surface area contributed by atoms with Crippen LogP contribution in [0.1, 0.15) is 28.5 Å². The zero-order valence-corrected chi connectivity index (χ0v) is 19.5. The zero-order valence-electron chi connectivity index (χ0n) is 19.5.